The molecule has 0 saturated heterocycles. The lowest BCUT2D eigenvalue weighted by molar-refractivity contribution is -0.120. The lowest BCUT2D eigenvalue weighted by atomic mass is 10.1. The highest BCUT2D eigenvalue weighted by Gasteiger charge is 2.14. The SMILES string of the molecule is C/C(=N/NC(=O)[C@@H](C)Sc1ccc(Cl)cc1)c1cccc(NC(=O)c2cccc(Cl)c2)c1. The number of hydrazone groups is 1. The van der Waals surface area contributed by atoms with Crippen LogP contribution in [0.25, 0.3) is 0 Å². The Hall–Kier alpha value is -2.80. The van der Waals surface area contributed by atoms with Gasteiger partial charge in [0.2, 0.25) is 0 Å². The molecule has 8 heteroatoms. The number of hydrogen-bond acceptors (Lipinski definition) is 4. The highest BCUT2D eigenvalue weighted by atomic mass is 35.5. The van der Waals surface area contributed by atoms with Crippen LogP contribution >= 0.6 is 35.0 Å². The lowest BCUT2D eigenvalue weighted by Gasteiger charge is -2.11. The highest BCUT2D eigenvalue weighted by Crippen LogP contribution is 2.24. The second kappa shape index (κ2) is 11.2. The number of thioether (sulfide) groups is 1. The van der Waals surface area contributed by atoms with Gasteiger partial charge in [0.1, 0.15) is 0 Å². The van der Waals surface area contributed by atoms with Crippen molar-refractivity contribution >= 4 is 58.2 Å². The average Bonchev–Trinajstić information content (AvgIpc) is 2.78. The third-order valence-electron chi connectivity index (χ3n) is 4.45. The number of anilines is 1. The van der Waals surface area contributed by atoms with Crippen molar-refractivity contribution in [2.24, 2.45) is 5.10 Å². The molecular weight excluding hydrogens is 465 g/mol. The molecule has 0 bridgehead atoms. The van der Waals surface area contributed by atoms with E-state index in [1.807, 2.05) is 31.2 Å². The zero-order chi connectivity index (χ0) is 23.1. The fourth-order valence-electron chi connectivity index (χ4n) is 2.72. The number of benzene rings is 3. The Balaban J connectivity index is 1.61. The maximum absolute atomic E-state index is 12.4. The van der Waals surface area contributed by atoms with Gasteiger partial charge in [-0.25, -0.2) is 5.43 Å². The highest BCUT2D eigenvalue weighted by molar-refractivity contribution is 8.00. The molecule has 2 amide bonds. The van der Waals surface area contributed by atoms with Gasteiger partial charge in [-0.15, -0.1) is 11.8 Å². The zero-order valence-corrected chi connectivity index (χ0v) is 19.8. The van der Waals surface area contributed by atoms with Gasteiger partial charge in [-0.1, -0.05) is 41.4 Å². The van der Waals surface area contributed by atoms with Crippen molar-refractivity contribution in [3.63, 3.8) is 0 Å². The maximum atomic E-state index is 12.4. The number of amides is 2. The van der Waals surface area contributed by atoms with Crippen LogP contribution in [0.2, 0.25) is 10.0 Å². The Bertz CT molecular complexity index is 1150. The normalized spacial score (nSPS) is 12.2. The van der Waals surface area contributed by atoms with E-state index < -0.39 is 0 Å². The minimum absolute atomic E-state index is 0.213. The summed E-state index contributed by atoms with van der Waals surface area (Å²) in [6, 6.07) is 21.3. The van der Waals surface area contributed by atoms with Crippen molar-refractivity contribution in [2.45, 2.75) is 24.0 Å². The fourth-order valence-corrected chi connectivity index (χ4v) is 3.90. The summed E-state index contributed by atoms with van der Waals surface area (Å²) in [5.74, 6) is -0.477. The van der Waals surface area contributed by atoms with E-state index in [0.29, 0.717) is 27.0 Å². The maximum Gasteiger partial charge on any atom is 0.255 e. The Labute approximate surface area is 201 Å². The van der Waals surface area contributed by atoms with Crippen molar-refractivity contribution in [3.05, 3.63) is 94.0 Å². The van der Waals surface area contributed by atoms with Gasteiger partial charge < -0.3 is 5.32 Å². The molecule has 0 aliphatic carbocycles. The van der Waals surface area contributed by atoms with Crippen LogP contribution in [0.5, 0.6) is 0 Å². The quantitative estimate of drug-likeness (QED) is 0.235. The van der Waals surface area contributed by atoms with Crippen LogP contribution < -0.4 is 10.7 Å². The predicted molar refractivity (Wildman–Crippen MR) is 133 cm³/mol. The number of rotatable bonds is 7. The van der Waals surface area contributed by atoms with Crippen molar-refractivity contribution < 1.29 is 9.59 Å². The number of halogens is 2. The molecule has 0 fully saturated rings. The zero-order valence-electron chi connectivity index (χ0n) is 17.4. The van der Waals surface area contributed by atoms with Gasteiger partial charge in [0, 0.05) is 26.2 Å². The lowest BCUT2D eigenvalue weighted by Crippen LogP contribution is -2.27. The van der Waals surface area contributed by atoms with Gasteiger partial charge in [-0.2, -0.15) is 5.10 Å². The Morgan fingerprint density at radius 3 is 2.31 bits per heavy atom. The molecule has 3 aromatic carbocycles. The molecule has 0 saturated carbocycles. The van der Waals surface area contributed by atoms with Gasteiger partial charge in [-0.05, 0) is 74.0 Å². The number of hydrogen-bond donors (Lipinski definition) is 2. The molecule has 0 aliphatic heterocycles. The standard InChI is InChI=1S/C24H21Cl2N3O2S/c1-15(28-29-23(30)16(2)32-22-11-9-19(25)10-12-22)17-5-4-8-21(14-17)27-24(31)18-6-3-7-20(26)13-18/h3-14,16H,1-2H3,(H,27,31)(H,29,30)/b28-15-/t16-/m1/s1. The van der Waals surface area contributed by atoms with E-state index in [-0.39, 0.29) is 17.1 Å². The molecule has 3 rings (SSSR count). The summed E-state index contributed by atoms with van der Waals surface area (Å²) >= 11 is 13.3. The van der Waals surface area contributed by atoms with Gasteiger partial charge in [0.05, 0.1) is 11.0 Å². The molecule has 0 aromatic heterocycles. The van der Waals surface area contributed by atoms with Crippen molar-refractivity contribution in [2.75, 3.05) is 5.32 Å². The van der Waals surface area contributed by atoms with E-state index >= 15 is 0 Å². The summed E-state index contributed by atoms with van der Waals surface area (Å²) < 4.78 is 0. The topological polar surface area (TPSA) is 70.6 Å². The first kappa shape index (κ1) is 23.9. The summed E-state index contributed by atoms with van der Waals surface area (Å²) in [6.45, 7) is 3.60. The molecule has 164 valence electrons. The van der Waals surface area contributed by atoms with Gasteiger partial charge >= 0.3 is 0 Å². The van der Waals surface area contributed by atoms with E-state index in [2.05, 4.69) is 15.8 Å². The van der Waals surface area contributed by atoms with E-state index in [1.54, 1.807) is 55.5 Å². The summed E-state index contributed by atoms with van der Waals surface area (Å²) in [7, 11) is 0. The second-order valence-corrected chi connectivity index (χ2v) is 9.22. The van der Waals surface area contributed by atoms with E-state index in [0.717, 1.165) is 10.5 Å². The molecule has 0 heterocycles. The second-order valence-electron chi connectivity index (χ2n) is 6.93. The molecular formula is C24H21Cl2N3O2S. The van der Waals surface area contributed by atoms with Crippen LogP contribution in [0.4, 0.5) is 5.69 Å². The van der Waals surface area contributed by atoms with Crippen LogP contribution in [0.1, 0.15) is 29.8 Å². The van der Waals surface area contributed by atoms with Crippen molar-refractivity contribution in [1.82, 2.24) is 5.43 Å². The van der Waals surface area contributed by atoms with Gasteiger partial charge in [-0.3, -0.25) is 9.59 Å². The summed E-state index contributed by atoms with van der Waals surface area (Å²) in [5, 5.41) is 7.86. The summed E-state index contributed by atoms with van der Waals surface area (Å²) in [4.78, 5) is 25.8. The largest absolute Gasteiger partial charge is 0.322 e. The number of carbonyl (C=O) groups excluding carboxylic acids is 2. The fraction of sp³-hybridized carbons (Fsp3) is 0.125. The van der Waals surface area contributed by atoms with Crippen LogP contribution in [0.3, 0.4) is 0 Å². The molecule has 1 atom stereocenters. The monoisotopic (exact) mass is 485 g/mol. The minimum atomic E-state index is -0.337. The minimum Gasteiger partial charge on any atom is -0.322 e. The molecule has 0 unspecified atom stereocenters. The molecule has 2 N–H and O–H groups in total. The van der Waals surface area contributed by atoms with Crippen LogP contribution in [0, 0.1) is 0 Å². The first-order valence-electron chi connectivity index (χ1n) is 9.75. The number of nitrogens with one attached hydrogen (secondary N) is 2. The van der Waals surface area contributed by atoms with E-state index in [4.69, 9.17) is 23.2 Å². The van der Waals surface area contributed by atoms with E-state index in [1.165, 1.54) is 11.8 Å². The Kier molecular flexibility index (Phi) is 8.33. The predicted octanol–water partition coefficient (Wildman–Crippen LogP) is 6.27. The third kappa shape index (κ3) is 6.85. The number of nitrogens with zero attached hydrogens (tertiary/aromatic N) is 1. The van der Waals surface area contributed by atoms with E-state index in [9.17, 15) is 9.59 Å². The third-order valence-corrected chi connectivity index (χ3v) is 6.05. The first-order valence-corrected chi connectivity index (χ1v) is 11.4. The van der Waals surface area contributed by atoms with Gasteiger partial charge in [0.15, 0.2) is 0 Å². The summed E-state index contributed by atoms with van der Waals surface area (Å²) in [6.07, 6.45) is 0. The molecule has 0 aliphatic rings. The molecule has 32 heavy (non-hydrogen) atoms. The summed E-state index contributed by atoms with van der Waals surface area (Å²) in [5.41, 5.74) is 5.06. The smallest absolute Gasteiger partial charge is 0.255 e. The first-order chi connectivity index (χ1) is 15.3. The van der Waals surface area contributed by atoms with Crippen LogP contribution in [0.15, 0.2) is 82.8 Å². The Morgan fingerprint density at radius 1 is 0.906 bits per heavy atom. The van der Waals surface area contributed by atoms with Gasteiger partial charge in [0.25, 0.3) is 11.8 Å². The molecule has 0 spiro atoms. The average molecular weight is 486 g/mol. The van der Waals surface area contributed by atoms with Crippen LogP contribution in [-0.4, -0.2) is 22.8 Å². The van der Waals surface area contributed by atoms with Crippen LogP contribution in [-0.2, 0) is 4.79 Å². The number of carbonyl (C=O) groups is 2. The molecule has 3 aromatic rings. The molecule has 0 radical (unpaired) electrons. The van der Waals surface area contributed by atoms with Crippen molar-refractivity contribution in [3.8, 4) is 0 Å². The Morgan fingerprint density at radius 2 is 1.59 bits per heavy atom. The van der Waals surface area contributed by atoms with Crippen molar-refractivity contribution in [1.29, 1.82) is 0 Å². The molecule has 5 nitrogen and oxygen atoms in total.